The van der Waals surface area contributed by atoms with Crippen LogP contribution in [0.15, 0.2) is 23.9 Å². The van der Waals surface area contributed by atoms with Crippen LogP contribution in [0.5, 0.6) is 0 Å². The molecule has 2 amide bonds. The minimum absolute atomic E-state index is 0.227. The third-order valence-corrected chi connectivity index (χ3v) is 9.36. The van der Waals surface area contributed by atoms with E-state index in [0.717, 1.165) is 13.1 Å². The Kier molecular flexibility index (Phi) is 13.7. The molecule has 4 rings (SSSR count). The molecule has 0 saturated carbocycles. The maximum atomic E-state index is 12.0. The molecule has 0 aliphatic carbocycles. The summed E-state index contributed by atoms with van der Waals surface area (Å²) in [7, 11) is 0. The molecule has 2 fully saturated rings. The second kappa shape index (κ2) is 15.6. The monoisotopic (exact) mass is 802 g/mol. The van der Waals surface area contributed by atoms with Crippen molar-refractivity contribution in [2.24, 2.45) is 0 Å². The van der Waals surface area contributed by atoms with Crippen LogP contribution in [0.25, 0.3) is 0 Å². The van der Waals surface area contributed by atoms with Crippen molar-refractivity contribution in [1.82, 2.24) is 19.8 Å². The molecule has 41 heavy (non-hydrogen) atoms. The summed E-state index contributed by atoms with van der Waals surface area (Å²) in [6.45, 7) is 13.0. The van der Waals surface area contributed by atoms with Crippen LogP contribution in [0.4, 0.5) is 9.59 Å². The maximum Gasteiger partial charge on any atom is 0.410 e. The number of rotatable bonds is 1. The van der Waals surface area contributed by atoms with Gasteiger partial charge in [-0.15, -0.1) is 22.7 Å². The zero-order valence-corrected chi connectivity index (χ0v) is 30.4. The van der Waals surface area contributed by atoms with E-state index >= 15 is 0 Å². The van der Waals surface area contributed by atoms with E-state index in [2.05, 4.69) is 57.8 Å². The second-order valence-electron chi connectivity index (χ2n) is 11.4. The lowest BCUT2D eigenvalue weighted by molar-refractivity contribution is -0.121. The fraction of sp³-hybridized carbons (Fsp3) is 0.654. The number of aromatic nitrogens is 2. The molecule has 0 radical (unpaired) electrons. The minimum Gasteiger partial charge on any atom is -0.444 e. The Morgan fingerprint density at radius 3 is 1.61 bits per heavy atom. The maximum absolute atomic E-state index is 12.0. The van der Waals surface area contributed by atoms with Crippen LogP contribution in [-0.2, 0) is 19.9 Å². The Labute approximate surface area is 274 Å². The van der Waals surface area contributed by atoms with Gasteiger partial charge in [-0.2, -0.15) is 0 Å². The molecule has 4 heterocycles. The molecule has 0 aromatic carbocycles. The van der Waals surface area contributed by atoms with Crippen LogP contribution >= 0.6 is 70.5 Å². The quantitative estimate of drug-likeness (QED) is 0.317. The van der Waals surface area contributed by atoms with Gasteiger partial charge in [0.1, 0.15) is 36.8 Å². The average Bonchev–Trinajstić information content (AvgIpc) is 3.46. The molecule has 10 nitrogen and oxygen atoms in total. The van der Waals surface area contributed by atoms with Gasteiger partial charge in [0.2, 0.25) is 0 Å². The Morgan fingerprint density at radius 1 is 0.829 bits per heavy atom. The summed E-state index contributed by atoms with van der Waals surface area (Å²) >= 11 is 12.7. The van der Waals surface area contributed by atoms with Gasteiger partial charge in [0.15, 0.2) is 3.92 Å². The standard InChI is InChI=1S/C13H19BrN2O3S.C10H17NO3.C3HBr2NS/c1-12(2,3)19-11(17)16-6-4-13(18,5-7-16)10-15-9(14)8-20-10;1-10(2,3)14-9(13)11-6-4-8(12)5-7-11;4-2-1-7-3(5)6-2/h8,18H,4-7H2,1-3H3;4-7H2,1-3H3;1H. The molecule has 0 bridgehead atoms. The number of carbonyl (C=O) groups is 3. The Balaban J connectivity index is 0.000000241. The van der Waals surface area contributed by atoms with Crippen LogP contribution in [0.1, 0.15) is 72.2 Å². The molecule has 2 aromatic heterocycles. The number of ether oxygens (including phenoxy) is 2. The summed E-state index contributed by atoms with van der Waals surface area (Å²) in [5, 5.41) is 15.1. The fourth-order valence-corrected chi connectivity index (χ4v) is 6.66. The zero-order valence-electron chi connectivity index (χ0n) is 24.0. The second-order valence-corrected chi connectivity index (χ2v) is 16.0. The van der Waals surface area contributed by atoms with Crippen molar-refractivity contribution >= 4 is 88.4 Å². The first kappa shape index (κ1) is 36.1. The van der Waals surface area contributed by atoms with E-state index in [1.807, 2.05) is 52.3 Å². The molecule has 2 aliphatic heterocycles. The van der Waals surface area contributed by atoms with Crippen molar-refractivity contribution in [3.8, 4) is 0 Å². The summed E-state index contributed by atoms with van der Waals surface area (Å²) in [6.07, 6.45) is 1.24. The zero-order chi connectivity index (χ0) is 31.0. The van der Waals surface area contributed by atoms with Gasteiger partial charge < -0.3 is 24.4 Å². The van der Waals surface area contributed by atoms with Crippen molar-refractivity contribution in [1.29, 1.82) is 0 Å². The predicted molar refractivity (Wildman–Crippen MR) is 170 cm³/mol. The third-order valence-electron chi connectivity index (χ3n) is 5.54. The lowest BCUT2D eigenvalue weighted by Gasteiger charge is -2.37. The SMILES string of the molecule is Brc1csc(Br)n1.CC(C)(C)OC(=O)N1CCC(=O)CC1.CC(C)(C)OC(=O)N1CCC(O)(c2nc(Br)cs2)CC1. The number of halogens is 3. The summed E-state index contributed by atoms with van der Waals surface area (Å²) in [5.74, 6) is 0.227. The topological polar surface area (TPSA) is 122 Å². The summed E-state index contributed by atoms with van der Waals surface area (Å²) in [6, 6.07) is 0. The van der Waals surface area contributed by atoms with Gasteiger partial charge in [-0.3, -0.25) is 4.79 Å². The highest BCUT2D eigenvalue weighted by molar-refractivity contribution is 9.11. The van der Waals surface area contributed by atoms with Crippen molar-refractivity contribution in [3.63, 3.8) is 0 Å². The van der Waals surface area contributed by atoms with Crippen molar-refractivity contribution in [3.05, 3.63) is 28.9 Å². The minimum atomic E-state index is -0.935. The normalized spacial score (nSPS) is 17.1. The number of carbonyl (C=O) groups excluding carboxylic acids is 3. The Bertz CT molecular complexity index is 1140. The molecule has 230 valence electrons. The number of hydrogen-bond acceptors (Lipinski definition) is 10. The summed E-state index contributed by atoms with van der Waals surface area (Å²) in [4.78, 5) is 45.9. The summed E-state index contributed by atoms with van der Waals surface area (Å²) in [5.41, 5.74) is -1.89. The number of likely N-dealkylation sites (tertiary alicyclic amines) is 2. The molecular weight excluding hydrogens is 768 g/mol. The number of thiazole rings is 2. The number of ketones is 1. The predicted octanol–water partition coefficient (Wildman–Crippen LogP) is 7.38. The van der Waals surface area contributed by atoms with E-state index < -0.39 is 16.8 Å². The van der Waals surface area contributed by atoms with Crippen LogP contribution < -0.4 is 0 Å². The molecule has 1 N–H and O–H groups in total. The van der Waals surface area contributed by atoms with E-state index in [4.69, 9.17) is 9.47 Å². The van der Waals surface area contributed by atoms with E-state index in [0.29, 0.717) is 56.9 Å². The smallest absolute Gasteiger partial charge is 0.410 e. The van der Waals surface area contributed by atoms with Crippen molar-refractivity contribution < 1.29 is 29.0 Å². The fourth-order valence-electron chi connectivity index (χ4n) is 3.57. The summed E-state index contributed by atoms with van der Waals surface area (Å²) < 4.78 is 13.1. The molecule has 2 aliphatic rings. The number of aliphatic hydroxyl groups is 1. The molecule has 0 spiro atoms. The number of hydrogen-bond donors (Lipinski definition) is 1. The van der Waals surface area contributed by atoms with Crippen LogP contribution in [0, 0.1) is 0 Å². The number of Topliss-reactive ketones (excluding diaryl/α,β-unsaturated/α-hetero) is 1. The number of nitrogens with zero attached hydrogens (tertiary/aromatic N) is 4. The van der Waals surface area contributed by atoms with Crippen LogP contribution in [-0.4, -0.2) is 80.2 Å². The average molecular weight is 805 g/mol. The highest BCUT2D eigenvalue weighted by atomic mass is 79.9. The first-order valence-corrected chi connectivity index (χ1v) is 17.1. The Morgan fingerprint density at radius 2 is 1.27 bits per heavy atom. The van der Waals surface area contributed by atoms with Crippen LogP contribution in [0.3, 0.4) is 0 Å². The molecule has 0 atom stereocenters. The van der Waals surface area contributed by atoms with Gasteiger partial charge in [0.25, 0.3) is 0 Å². The van der Waals surface area contributed by atoms with Crippen molar-refractivity contribution in [2.75, 3.05) is 26.2 Å². The lowest BCUT2D eigenvalue weighted by atomic mass is 9.92. The molecule has 0 unspecified atom stereocenters. The van der Waals surface area contributed by atoms with Crippen LogP contribution in [0.2, 0.25) is 0 Å². The highest BCUT2D eigenvalue weighted by Crippen LogP contribution is 2.36. The molecular formula is C26H37Br3N4O6S2. The third kappa shape index (κ3) is 13.4. The van der Waals surface area contributed by atoms with Gasteiger partial charge in [-0.1, -0.05) is 0 Å². The first-order chi connectivity index (χ1) is 18.9. The lowest BCUT2D eigenvalue weighted by Crippen LogP contribution is -2.46. The largest absolute Gasteiger partial charge is 0.444 e. The van der Waals surface area contributed by atoms with Gasteiger partial charge in [0, 0.05) is 62.6 Å². The van der Waals surface area contributed by atoms with Gasteiger partial charge in [0.05, 0.1) is 0 Å². The van der Waals surface area contributed by atoms with Gasteiger partial charge in [-0.05, 0) is 89.3 Å². The van der Waals surface area contributed by atoms with Gasteiger partial charge in [-0.25, -0.2) is 19.6 Å². The van der Waals surface area contributed by atoms with E-state index in [1.165, 1.54) is 11.3 Å². The van der Waals surface area contributed by atoms with Gasteiger partial charge >= 0.3 is 12.2 Å². The molecule has 2 aromatic rings. The number of amides is 2. The Hall–Kier alpha value is -1.13. The van der Waals surface area contributed by atoms with Crippen molar-refractivity contribution in [2.45, 2.75) is 84.0 Å². The molecule has 15 heteroatoms. The van der Waals surface area contributed by atoms with E-state index in [9.17, 15) is 19.5 Å². The van der Waals surface area contributed by atoms with E-state index in [1.54, 1.807) is 21.1 Å². The number of piperidine rings is 2. The first-order valence-electron chi connectivity index (χ1n) is 12.9. The van der Waals surface area contributed by atoms with E-state index in [-0.39, 0.29) is 18.0 Å². The highest BCUT2D eigenvalue weighted by Gasteiger charge is 2.38. The molecule has 2 saturated heterocycles.